The number of hydrogen-bond donors (Lipinski definition) is 2. The summed E-state index contributed by atoms with van der Waals surface area (Å²) < 4.78 is 15.5. The van der Waals surface area contributed by atoms with E-state index in [1.165, 1.54) is 18.2 Å². The van der Waals surface area contributed by atoms with E-state index >= 15 is 0 Å². The second-order valence-electron chi connectivity index (χ2n) is 7.31. The van der Waals surface area contributed by atoms with Crippen LogP contribution in [0, 0.1) is 25.6 Å². The van der Waals surface area contributed by atoms with Crippen molar-refractivity contribution < 1.29 is 14.0 Å². The molecule has 1 aromatic heterocycles. The highest BCUT2D eigenvalue weighted by Crippen LogP contribution is 2.16. The van der Waals surface area contributed by atoms with Crippen LogP contribution in [0.25, 0.3) is 0 Å². The molecule has 0 bridgehead atoms. The van der Waals surface area contributed by atoms with Crippen LogP contribution in [0.3, 0.4) is 0 Å². The lowest BCUT2D eigenvalue weighted by Gasteiger charge is -2.09. The van der Waals surface area contributed by atoms with Crippen LogP contribution in [0.15, 0.2) is 24.3 Å². The molecule has 1 heterocycles. The maximum atomic E-state index is 13.5. The van der Waals surface area contributed by atoms with Crippen molar-refractivity contribution in [1.82, 2.24) is 20.4 Å². The monoisotopic (exact) mass is 388 g/mol. The Morgan fingerprint density at radius 2 is 1.82 bits per heavy atom. The van der Waals surface area contributed by atoms with E-state index in [9.17, 15) is 14.0 Å². The van der Waals surface area contributed by atoms with Crippen molar-refractivity contribution >= 4 is 11.8 Å². The number of benzene rings is 1. The van der Waals surface area contributed by atoms with Crippen LogP contribution >= 0.6 is 0 Å². The highest BCUT2D eigenvalue weighted by Gasteiger charge is 2.14. The van der Waals surface area contributed by atoms with Crippen molar-refractivity contribution in [2.75, 3.05) is 13.1 Å². The van der Waals surface area contributed by atoms with Gasteiger partial charge in [0.1, 0.15) is 5.82 Å². The third-order valence-electron chi connectivity index (χ3n) is 4.52. The van der Waals surface area contributed by atoms with Gasteiger partial charge in [-0.05, 0) is 43.9 Å². The molecule has 0 unspecified atom stereocenters. The van der Waals surface area contributed by atoms with Crippen molar-refractivity contribution in [1.29, 1.82) is 0 Å². The molecule has 2 N–H and O–H groups in total. The summed E-state index contributed by atoms with van der Waals surface area (Å²) in [6, 6.07) is 5.80. The summed E-state index contributed by atoms with van der Waals surface area (Å²) in [5.41, 5.74) is 3.18. The first-order chi connectivity index (χ1) is 13.3. The number of carbonyl (C=O) groups excluding carboxylic acids is 2. The van der Waals surface area contributed by atoms with E-state index in [1.54, 1.807) is 6.07 Å². The fourth-order valence-corrected chi connectivity index (χ4v) is 3.06. The number of aryl methyl sites for hydroxylation is 1. The molecular weight excluding hydrogens is 359 g/mol. The summed E-state index contributed by atoms with van der Waals surface area (Å²) in [6.45, 7) is 9.69. The third kappa shape index (κ3) is 5.90. The van der Waals surface area contributed by atoms with Crippen LogP contribution in [-0.2, 0) is 17.8 Å². The van der Waals surface area contributed by atoms with Gasteiger partial charge < -0.3 is 10.6 Å². The molecule has 2 rings (SSSR count). The molecule has 28 heavy (non-hydrogen) atoms. The number of aromatic nitrogens is 2. The Morgan fingerprint density at radius 3 is 2.50 bits per heavy atom. The Bertz CT molecular complexity index is 830. The zero-order chi connectivity index (χ0) is 20.7. The van der Waals surface area contributed by atoms with Crippen LogP contribution in [-0.4, -0.2) is 34.7 Å². The number of hydrogen-bond acceptors (Lipinski definition) is 3. The summed E-state index contributed by atoms with van der Waals surface area (Å²) >= 11 is 0. The molecule has 0 aliphatic rings. The minimum atomic E-state index is -0.562. The van der Waals surface area contributed by atoms with Crippen LogP contribution in [0.4, 0.5) is 4.39 Å². The average molecular weight is 388 g/mol. The zero-order valence-corrected chi connectivity index (χ0v) is 17.0. The first-order valence-electron chi connectivity index (χ1n) is 9.62. The maximum absolute atomic E-state index is 13.5. The molecule has 6 nitrogen and oxygen atoms in total. The molecule has 2 amide bonds. The molecule has 152 valence electrons. The van der Waals surface area contributed by atoms with E-state index in [0.717, 1.165) is 23.5 Å². The molecule has 0 atom stereocenters. The minimum Gasteiger partial charge on any atom is -0.354 e. The molecule has 0 saturated heterocycles. The summed E-state index contributed by atoms with van der Waals surface area (Å²) in [4.78, 5) is 24.0. The largest absolute Gasteiger partial charge is 0.354 e. The van der Waals surface area contributed by atoms with Crippen molar-refractivity contribution in [3.63, 3.8) is 0 Å². The van der Waals surface area contributed by atoms with Gasteiger partial charge >= 0.3 is 0 Å². The topological polar surface area (TPSA) is 76.0 Å². The van der Waals surface area contributed by atoms with Crippen LogP contribution in [0.1, 0.15) is 47.6 Å². The Morgan fingerprint density at radius 1 is 1.14 bits per heavy atom. The first kappa shape index (κ1) is 21.6. The molecule has 0 saturated carbocycles. The highest BCUT2D eigenvalue weighted by molar-refractivity contribution is 5.94. The summed E-state index contributed by atoms with van der Waals surface area (Å²) in [5, 5.41) is 9.95. The number of carbonyl (C=O) groups is 2. The Labute approximate surface area is 165 Å². The van der Waals surface area contributed by atoms with Gasteiger partial charge in [-0.2, -0.15) is 5.10 Å². The Hall–Kier alpha value is -2.70. The lowest BCUT2D eigenvalue weighted by atomic mass is 10.1. The zero-order valence-electron chi connectivity index (χ0n) is 17.0. The molecule has 1 aromatic carbocycles. The minimum absolute atomic E-state index is 0.00168. The van der Waals surface area contributed by atoms with Gasteiger partial charge in [-0.15, -0.1) is 0 Å². The van der Waals surface area contributed by atoms with E-state index < -0.39 is 11.7 Å². The molecule has 2 aromatic rings. The van der Waals surface area contributed by atoms with Gasteiger partial charge in [0.2, 0.25) is 5.91 Å². The van der Waals surface area contributed by atoms with Crippen LogP contribution in [0.5, 0.6) is 0 Å². The molecule has 0 aliphatic heterocycles. The van der Waals surface area contributed by atoms with Crippen LogP contribution < -0.4 is 10.6 Å². The van der Waals surface area contributed by atoms with Gasteiger partial charge in [-0.3, -0.25) is 14.3 Å². The lowest BCUT2D eigenvalue weighted by molar-refractivity contribution is -0.121. The number of nitrogens with zero attached hydrogens (tertiary/aromatic N) is 2. The van der Waals surface area contributed by atoms with Gasteiger partial charge in [0.15, 0.2) is 0 Å². The van der Waals surface area contributed by atoms with Gasteiger partial charge in [-0.25, -0.2) is 4.39 Å². The van der Waals surface area contributed by atoms with Crippen molar-refractivity contribution in [3.05, 3.63) is 52.6 Å². The predicted molar refractivity (Wildman–Crippen MR) is 107 cm³/mol. The maximum Gasteiger partial charge on any atom is 0.254 e. The van der Waals surface area contributed by atoms with Crippen molar-refractivity contribution in [3.8, 4) is 0 Å². The normalized spacial score (nSPS) is 10.9. The van der Waals surface area contributed by atoms with E-state index in [1.807, 2.05) is 18.5 Å². The fraction of sp³-hybridized carbons (Fsp3) is 0.476. The molecule has 0 fully saturated rings. The molecule has 0 radical (unpaired) electrons. The van der Waals surface area contributed by atoms with E-state index in [0.29, 0.717) is 25.3 Å². The number of amides is 2. The second kappa shape index (κ2) is 10.0. The van der Waals surface area contributed by atoms with Crippen molar-refractivity contribution in [2.24, 2.45) is 5.92 Å². The number of rotatable bonds is 9. The standard InChI is InChI=1S/C21H29FN4O2/c1-14(2)13-26-16(4)17(15(3)25-26)9-10-20(27)23-11-12-24-21(28)18-7-5-6-8-19(18)22/h5-8,14H,9-13H2,1-4H3,(H,23,27)(H,24,28). The molecule has 7 heteroatoms. The Kier molecular flexibility index (Phi) is 7.72. The van der Waals surface area contributed by atoms with E-state index in [4.69, 9.17) is 0 Å². The SMILES string of the molecule is Cc1nn(CC(C)C)c(C)c1CCC(=O)NCCNC(=O)c1ccccc1F. The Balaban J connectivity index is 1.74. The van der Waals surface area contributed by atoms with Gasteiger partial charge in [0.05, 0.1) is 11.3 Å². The second-order valence-corrected chi connectivity index (χ2v) is 7.31. The van der Waals surface area contributed by atoms with Crippen molar-refractivity contribution in [2.45, 2.75) is 47.1 Å². The van der Waals surface area contributed by atoms with Crippen LogP contribution in [0.2, 0.25) is 0 Å². The molecular formula is C21H29FN4O2. The van der Waals surface area contributed by atoms with Gasteiger partial charge in [-0.1, -0.05) is 26.0 Å². The summed E-state index contributed by atoms with van der Waals surface area (Å²) in [5.74, 6) is -0.631. The first-order valence-corrected chi connectivity index (χ1v) is 9.62. The van der Waals surface area contributed by atoms with E-state index in [-0.39, 0.29) is 18.0 Å². The van der Waals surface area contributed by atoms with E-state index in [2.05, 4.69) is 29.6 Å². The van der Waals surface area contributed by atoms with Gasteiger partial charge in [0.25, 0.3) is 5.91 Å². The predicted octanol–water partition coefficient (Wildman–Crippen LogP) is 2.77. The fourth-order valence-electron chi connectivity index (χ4n) is 3.06. The molecule has 0 spiro atoms. The number of nitrogens with one attached hydrogen (secondary N) is 2. The third-order valence-corrected chi connectivity index (χ3v) is 4.52. The number of halogens is 1. The lowest BCUT2D eigenvalue weighted by Crippen LogP contribution is -2.35. The highest BCUT2D eigenvalue weighted by atomic mass is 19.1. The smallest absolute Gasteiger partial charge is 0.254 e. The summed E-state index contributed by atoms with van der Waals surface area (Å²) in [7, 11) is 0. The average Bonchev–Trinajstić information content (AvgIpc) is 2.89. The quantitative estimate of drug-likeness (QED) is 0.649. The van der Waals surface area contributed by atoms with Gasteiger partial charge in [0, 0.05) is 31.7 Å². The summed E-state index contributed by atoms with van der Waals surface area (Å²) in [6.07, 6.45) is 0.986. The molecule has 0 aliphatic carbocycles.